The fourth-order valence-electron chi connectivity index (χ4n) is 6.35. The van der Waals surface area contributed by atoms with Gasteiger partial charge in [0.25, 0.3) is 0 Å². The molecule has 3 heterocycles. The molecule has 0 saturated carbocycles. The summed E-state index contributed by atoms with van der Waals surface area (Å²) in [6, 6.07) is 20.9. The van der Waals surface area contributed by atoms with E-state index in [1.54, 1.807) is 0 Å². The van der Waals surface area contributed by atoms with E-state index in [9.17, 15) is 9.90 Å². The van der Waals surface area contributed by atoms with Crippen LogP contribution in [0.5, 0.6) is 0 Å². The fraction of sp³-hybridized carbons (Fsp3) is 0.484. The third-order valence-electron chi connectivity index (χ3n) is 8.23. The van der Waals surface area contributed by atoms with Gasteiger partial charge >= 0.3 is 5.97 Å². The van der Waals surface area contributed by atoms with E-state index in [1.165, 1.54) is 33.9 Å². The van der Waals surface area contributed by atoms with E-state index < -0.39 is 12.0 Å². The van der Waals surface area contributed by atoms with Gasteiger partial charge in [-0.2, -0.15) is 0 Å². The second-order valence-electron chi connectivity index (χ2n) is 11.2. The zero-order chi connectivity index (χ0) is 25.8. The Hall–Kier alpha value is -2.54. The molecular formula is C31H39N3O2S. The van der Waals surface area contributed by atoms with Crippen LogP contribution in [0.25, 0.3) is 0 Å². The highest BCUT2D eigenvalue weighted by Crippen LogP contribution is 2.37. The summed E-state index contributed by atoms with van der Waals surface area (Å²) in [5, 5.41) is 11.1. The van der Waals surface area contributed by atoms with Gasteiger partial charge < -0.3 is 10.0 Å². The topological polar surface area (TPSA) is 56.7 Å². The van der Waals surface area contributed by atoms with Crippen molar-refractivity contribution in [2.75, 3.05) is 32.7 Å². The second-order valence-corrected chi connectivity index (χ2v) is 12.3. The predicted octanol–water partition coefficient (Wildman–Crippen LogP) is 5.74. The van der Waals surface area contributed by atoms with Gasteiger partial charge in [-0.15, -0.1) is 11.3 Å². The van der Waals surface area contributed by atoms with Crippen molar-refractivity contribution in [3.05, 3.63) is 87.9 Å². The maximum atomic E-state index is 12.1. The van der Waals surface area contributed by atoms with Crippen molar-refractivity contribution in [1.29, 1.82) is 0 Å². The molecular weight excluding hydrogens is 478 g/mol. The monoisotopic (exact) mass is 517 g/mol. The molecule has 3 aromatic rings. The van der Waals surface area contributed by atoms with Crippen LogP contribution in [0.4, 0.5) is 0 Å². The number of carboxylic acid groups (broad SMARTS) is 1. The number of thiazole rings is 1. The maximum absolute atomic E-state index is 12.1. The molecule has 0 aliphatic carbocycles. The number of nitrogens with zero attached hydrogens (tertiary/aromatic N) is 3. The minimum Gasteiger partial charge on any atom is -0.480 e. The number of likely N-dealkylation sites (tertiary alicyclic amines) is 2. The summed E-state index contributed by atoms with van der Waals surface area (Å²) < 4.78 is 0. The smallest absolute Gasteiger partial charge is 0.321 e. The van der Waals surface area contributed by atoms with Crippen LogP contribution >= 0.6 is 11.3 Å². The summed E-state index contributed by atoms with van der Waals surface area (Å²) in [4.78, 5) is 23.1. The van der Waals surface area contributed by atoms with Crippen LogP contribution < -0.4 is 0 Å². The summed E-state index contributed by atoms with van der Waals surface area (Å²) in [5.41, 5.74) is 2.66. The molecule has 2 aromatic carbocycles. The first-order valence-electron chi connectivity index (χ1n) is 13.7. The van der Waals surface area contributed by atoms with Crippen molar-refractivity contribution in [1.82, 2.24) is 14.8 Å². The van der Waals surface area contributed by atoms with E-state index >= 15 is 0 Å². The molecule has 1 N–H and O–H groups in total. The van der Waals surface area contributed by atoms with E-state index in [1.807, 2.05) is 25.2 Å². The van der Waals surface area contributed by atoms with Crippen LogP contribution in [0, 0.1) is 11.8 Å². The van der Waals surface area contributed by atoms with Gasteiger partial charge in [0.2, 0.25) is 0 Å². The first-order valence-corrected chi connectivity index (χ1v) is 14.5. The van der Waals surface area contributed by atoms with Crippen LogP contribution in [0.3, 0.4) is 0 Å². The lowest BCUT2D eigenvalue weighted by Crippen LogP contribution is -2.44. The Morgan fingerprint density at radius 3 is 2.35 bits per heavy atom. The number of rotatable bonds is 9. The lowest BCUT2D eigenvalue weighted by atomic mass is 9.87. The Bertz CT molecular complexity index is 1140. The standard InChI is InChI=1S/C31H39N3O2S/c1-22(2)30(31(35)36)34-20-26(27(21-34)24-11-7-4-8-12-24)19-33-15-13-25(14-16-33)28-18-32-29(37-28)17-23-9-5-3-6-10-23/h3-12,18,22,25-27,30H,13-17,19-21H2,1-2H3,(H,35,36)/t26-,27+,30+/m0/s1. The number of hydrogen-bond donors (Lipinski definition) is 1. The molecule has 2 fully saturated rings. The van der Waals surface area contributed by atoms with Crippen molar-refractivity contribution < 1.29 is 9.90 Å². The SMILES string of the molecule is CC(C)[C@H](C(=O)O)N1C[C@H](CN2CCC(c3cnc(Cc4ccccc4)s3)CC2)[C@@H](c2ccccc2)C1. The molecule has 0 bridgehead atoms. The molecule has 196 valence electrons. The Morgan fingerprint density at radius 1 is 1.03 bits per heavy atom. The van der Waals surface area contributed by atoms with Crippen LogP contribution in [0.15, 0.2) is 66.9 Å². The summed E-state index contributed by atoms with van der Waals surface area (Å²) >= 11 is 1.88. The lowest BCUT2D eigenvalue weighted by Gasteiger charge is -2.34. The maximum Gasteiger partial charge on any atom is 0.321 e. The minimum atomic E-state index is -0.695. The molecule has 0 radical (unpaired) electrons. The van der Waals surface area contributed by atoms with Crippen molar-refractivity contribution in [3.63, 3.8) is 0 Å². The fourth-order valence-corrected chi connectivity index (χ4v) is 7.48. The normalized spacial score (nSPS) is 22.5. The average Bonchev–Trinajstić information content (AvgIpc) is 3.53. The highest BCUT2D eigenvalue weighted by atomic mass is 32.1. The van der Waals surface area contributed by atoms with E-state index in [0.717, 1.165) is 39.1 Å². The molecule has 2 aliphatic rings. The largest absolute Gasteiger partial charge is 0.480 e. The molecule has 5 nitrogen and oxygen atoms in total. The minimum absolute atomic E-state index is 0.0922. The zero-order valence-corrected chi connectivity index (χ0v) is 22.8. The Balaban J connectivity index is 1.21. The quantitative estimate of drug-likeness (QED) is 0.392. The molecule has 2 aliphatic heterocycles. The summed E-state index contributed by atoms with van der Waals surface area (Å²) in [7, 11) is 0. The van der Waals surface area contributed by atoms with Gasteiger partial charge in [0.15, 0.2) is 0 Å². The summed E-state index contributed by atoms with van der Waals surface area (Å²) in [5.74, 6) is 0.816. The van der Waals surface area contributed by atoms with Crippen molar-refractivity contribution >= 4 is 17.3 Å². The second kappa shape index (κ2) is 11.9. The van der Waals surface area contributed by atoms with Crippen LogP contribution in [0.2, 0.25) is 0 Å². The molecule has 5 rings (SSSR count). The van der Waals surface area contributed by atoms with Gasteiger partial charge in [0, 0.05) is 43.0 Å². The molecule has 0 spiro atoms. The van der Waals surface area contributed by atoms with Crippen LogP contribution in [-0.2, 0) is 11.2 Å². The van der Waals surface area contributed by atoms with Gasteiger partial charge in [-0.25, -0.2) is 4.98 Å². The third kappa shape index (κ3) is 6.31. The van der Waals surface area contributed by atoms with E-state index in [2.05, 4.69) is 76.7 Å². The molecule has 1 aromatic heterocycles. The van der Waals surface area contributed by atoms with Gasteiger partial charge in [0.1, 0.15) is 6.04 Å². The van der Waals surface area contributed by atoms with Crippen molar-refractivity contribution in [3.8, 4) is 0 Å². The summed E-state index contributed by atoms with van der Waals surface area (Å²) in [6.45, 7) is 8.97. The number of hydrogen-bond acceptors (Lipinski definition) is 5. The van der Waals surface area contributed by atoms with Crippen molar-refractivity contribution in [2.45, 2.75) is 51.0 Å². The predicted molar refractivity (Wildman–Crippen MR) is 150 cm³/mol. The lowest BCUT2D eigenvalue weighted by molar-refractivity contribution is -0.144. The molecule has 2 saturated heterocycles. The first-order chi connectivity index (χ1) is 18.0. The number of carboxylic acids is 1. The van der Waals surface area contributed by atoms with Crippen LogP contribution in [0.1, 0.15) is 59.5 Å². The number of aliphatic carboxylic acids is 1. The molecule has 3 atom stereocenters. The van der Waals surface area contributed by atoms with Gasteiger partial charge in [-0.1, -0.05) is 74.5 Å². The Labute approximate surface area is 225 Å². The molecule has 37 heavy (non-hydrogen) atoms. The van der Waals surface area contributed by atoms with Gasteiger partial charge in [0.05, 0.1) is 5.01 Å². The zero-order valence-electron chi connectivity index (χ0n) is 22.0. The highest BCUT2D eigenvalue weighted by Gasteiger charge is 2.41. The van der Waals surface area contributed by atoms with E-state index in [-0.39, 0.29) is 5.92 Å². The summed E-state index contributed by atoms with van der Waals surface area (Å²) in [6.07, 6.45) is 5.37. The molecule has 0 amide bonds. The third-order valence-corrected chi connectivity index (χ3v) is 9.39. The molecule has 0 unspecified atom stereocenters. The Kier molecular flexibility index (Phi) is 8.38. The highest BCUT2D eigenvalue weighted by molar-refractivity contribution is 7.11. The number of benzene rings is 2. The van der Waals surface area contributed by atoms with E-state index in [0.29, 0.717) is 17.8 Å². The van der Waals surface area contributed by atoms with Crippen molar-refractivity contribution in [2.24, 2.45) is 11.8 Å². The average molecular weight is 518 g/mol. The van der Waals surface area contributed by atoms with Gasteiger partial charge in [-0.05, 0) is 54.8 Å². The number of carbonyl (C=O) groups is 1. The van der Waals surface area contributed by atoms with E-state index in [4.69, 9.17) is 4.98 Å². The molecule has 6 heteroatoms. The number of piperidine rings is 1. The number of aromatic nitrogens is 1. The first kappa shape index (κ1) is 26.1. The van der Waals surface area contributed by atoms with Gasteiger partial charge in [-0.3, -0.25) is 9.69 Å². The van der Waals surface area contributed by atoms with Crippen LogP contribution in [-0.4, -0.2) is 64.6 Å². The Morgan fingerprint density at radius 2 is 1.70 bits per heavy atom.